The lowest BCUT2D eigenvalue weighted by Crippen LogP contribution is -2.40. The number of carbonyl (C=O) groups is 1. The first-order valence-electron chi connectivity index (χ1n) is 8.31. The number of rotatable bonds is 7. The molecule has 1 aromatic carbocycles. The number of nitrogens with one attached hydrogen (secondary N) is 1. The number of halogens is 1. The molecule has 0 saturated heterocycles. The molecule has 1 unspecified atom stereocenters. The summed E-state index contributed by atoms with van der Waals surface area (Å²) in [7, 11) is 0. The van der Waals surface area contributed by atoms with Crippen molar-refractivity contribution >= 4 is 5.91 Å². The van der Waals surface area contributed by atoms with Gasteiger partial charge in [0.1, 0.15) is 5.82 Å². The fraction of sp³-hybridized carbons (Fsp3) is 0.444. The number of benzene rings is 1. The minimum Gasteiger partial charge on any atom is -0.348 e. The van der Waals surface area contributed by atoms with Crippen molar-refractivity contribution in [2.45, 2.75) is 46.1 Å². The summed E-state index contributed by atoms with van der Waals surface area (Å²) in [5.74, 6) is -0.468. The minimum absolute atomic E-state index is 0.0366. The molecule has 0 aliphatic heterocycles. The van der Waals surface area contributed by atoms with Gasteiger partial charge in [0, 0.05) is 12.6 Å². The molecule has 130 valence electrons. The average molecular weight is 332 g/mol. The molecule has 0 radical (unpaired) electrons. The fourth-order valence-electron chi connectivity index (χ4n) is 2.76. The molecule has 6 heteroatoms. The fourth-order valence-corrected chi connectivity index (χ4v) is 2.76. The van der Waals surface area contributed by atoms with Crippen molar-refractivity contribution in [1.29, 1.82) is 0 Å². The molecule has 0 aliphatic rings. The summed E-state index contributed by atoms with van der Waals surface area (Å²) in [6.45, 7) is 6.15. The molecule has 3 N–H and O–H groups in total. The molecule has 1 aromatic heterocycles. The number of unbranched alkanes of at least 4 members (excludes halogenated alkanes) is 1. The van der Waals surface area contributed by atoms with Crippen LogP contribution in [-0.4, -0.2) is 28.3 Å². The van der Waals surface area contributed by atoms with Crippen LogP contribution < -0.4 is 11.1 Å². The Balaban J connectivity index is 2.24. The van der Waals surface area contributed by atoms with E-state index in [0.717, 1.165) is 30.6 Å². The Bertz CT molecular complexity index is 694. The van der Waals surface area contributed by atoms with Crippen LogP contribution in [0.4, 0.5) is 4.39 Å². The van der Waals surface area contributed by atoms with Gasteiger partial charge in [0.15, 0.2) is 0 Å². The van der Waals surface area contributed by atoms with Gasteiger partial charge in [-0.3, -0.25) is 4.79 Å². The SMILES string of the molecule is CCCCC(CN)NC(=O)c1c(C)nn(-c2ccc(F)cc2)c1C. The van der Waals surface area contributed by atoms with Crippen LogP contribution in [-0.2, 0) is 0 Å². The summed E-state index contributed by atoms with van der Waals surface area (Å²) in [6.07, 6.45) is 2.95. The second kappa shape index (κ2) is 8.06. The Kier molecular flexibility index (Phi) is 6.09. The summed E-state index contributed by atoms with van der Waals surface area (Å²) in [5.41, 5.74) is 8.39. The lowest BCUT2D eigenvalue weighted by atomic mass is 10.1. The van der Waals surface area contributed by atoms with E-state index >= 15 is 0 Å². The van der Waals surface area contributed by atoms with Crippen LogP contribution in [0.3, 0.4) is 0 Å². The van der Waals surface area contributed by atoms with Crippen molar-refractivity contribution in [3.8, 4) is 5.69 Å². The van der Waals surface area contributed by atoms with Gasteiger partial charge in [-0.05, 0) is 44.5 Å². The summed E-state index contributed by atoms with van der Waals surface area (Å²) in [6, 6.07) is 5.99. The molecule has 0 fully saturated rings. The number of nitrogens with zero attached hydrogens (tertiary/aromatic N) is 2. The van der Waals surface area contributed by atoms with E-state index in [9.17, 15) is 9.18 Å². The zero-order valence-corrected chi connectivity index (χ0v) is 14.5. The molecule has 1 atom stereocenters. The lowest BCUT2D eigenvalue weighted by Gasteiger charge is -2.16. The standard InChI is InChI=1S/C18H25FN4O/c1-4-5-6-15(11-20)21-18(24)17-12(2)22-23(13(17)3)16-9-7-14(19)8-10-16/h7-10,15H,4-6,11,20H2,1-3H3,(H,21,24). The van der Waals surface area contributed by atoms with Crippen molar-refractivity contribution in [3.05, 3.63) is 47.0 Å². The zero-order chi connectivity index (χ0) is 17.7. The minimum atomic E-state index is -0.306. The van der Waals surface area contributed by atoms with E-state index in [1.165, 1.54) is 12.1 Å². The van der Waals surface area contributed by atoms with Gasteiger partial charge in [-0.25, -0.2) is 9.07 Å². The van der Waals surface area contributed by atoms with Crippen molar-refractivity contribution in [1.82, 2.24) is 15.1 Å². The van der Waals surface area contributed by atoms with Crippen LogP contribution in [0.2, 0.25) is 0 Å². The van der Waals surface area contributed by atoms with E-state index in [1.54, 1.807) is 23.7 Å². The van der Waals surface area contributed by atoms with Gasteiger partial charge in [-0.1, -0.05) is 19.8 Å². The predicted octanol–water partition coefficient (Wildman–Crippen LogP) is 2.88. The molecule has 0 spiro atoms. The number of amides is 1. The quantitative estimate of drug-likeness (QED) is 0.819. The number of aryl methyl sites for hydroxylation is 1. The van der Waals surface area contributed by atoms with Crippen LogP contribution in [0.15, 0.2) is 24.3 Å². The van der Waals surface area contributed by atoms with E-state index in [1.807, 2.05) is 6.92 Å². The van der Waals surface area contributed by atoms with Crippen molar-refractivity contribution in [2.24, 2.45) is 5.73 Å². The Morgan fingerprint density at radius 1 is 1.33 bits per heavy atom. The van der Waals surface area contributed by atoms with Crippen LogP contribution in [0.25, 0.3) is 5.69 Å². The Morgan fingerprint density at radius 3 is 2.58 bits per heavy atom. The Hall–Kier alpha value is -2.21. The molecule has 5 nitrogen and oxygen atoms in total. The highest BCUT2D eigenvalue weighted by molar-refractivity contribution is 5.96. The molecular formula is C18H25FN4O. The van der Waals surface area contributed by atoms with Crippen molar-refractivity contribution in [3.63, 3.8) is 0 Å². The summed E-state index contributed by atoms with van der Waals surface area (Å²) < 4.78 is 14.8. The summed E-state index contributed by atoms with van der Waals surface area (Å²) in [5, 5.41) is 7.42. The van der Waals surface area contributed by atoms with E-state index in [2.05, 4.69) is 17.3 Å². The highest BCUT2D eigenvalue weighted by Crippen LogP contribution is 2.18. The van der Waals surface area contributed by atoms with Crippen LogP contribution in [0.5, 0.6) is 0 Å². The van der Waals surface area contributed by atoms with Crippen LogP contribution in [0.1, 0.15) is 47.9 Å². The monoisotopic (exact) mass is 332 g/mol. The second-order valence-corrected chi connectivity index (χ2v) is 5.98. The van der Waals surface area contributed by atoms with Gasteiger partial charge in [-0.2, -0.15) is 5.10 Å². The third-order valence-corrected chi connectivity index (χ3v) is 4.12. The van der Waals surface area contributed by atoms with E-state index in [0.29, 0.717) is 17.8 Å². The van der Waals surface area contributed by atoms with E-state index in [4.69, 9.17) is 5.73 Å². The molecule has 0 saturated carbocycles. The number of hydrogen-bond acceptors (Lipinski definition) is 3. The highest BCUT2D eigenvalue weighted by atomic mass is 19.1. The molecule has 1 heterocycles. The van der Waals surface area contributed by atoms with Gasteiger partial charge in [0.05, 0.1) is 22.6 Å². The van der Waals surface area contributed by atoms with Gasteiger partial charge >= 0.3 is 0 Å². The van der Waals surface area contributed by atoms with Gasteiger partial charge in [-0.15, -0.1) is 0 Å². The van der Waals surface area contributed by atoms with Crippen LogP contribution >= 0.6 is 0 Å². The maximum absolute atomic E-state index is 13.1. The van der Waals surface area contributed by atoms with Crippen molar-refractivity contribution in [2.75, 3.05) is 6.54 Å². The molecule has 0 aliphatic carbocycles. The van der Waals surface area contributed by atoms with E-state index in [-0.39, 0.29) is 17.8 Å². The first kappa shape index (κ1) is 18.1. The maximum atomic E-state index is 13.1. The molecule has 2 rings (SSSR count). The normalized spacial score (nSPS) is 12.2. The van der Waals surface area contributed by atoms with Gasteiger partial charge < -0.3 is 11.1 Å². The molecular weight excluding hydrogens is 307 g/mol. The average Bonchev–Trinajstić information content (AvgIpc) is 2.86. The summed E-state index contributed by atoms with van der Waals surface area (Å²) in [4.78, 5) is 12.6. The first-order valence-corrected chi connectivity index (χ1v) is 8.31. The number of carbonyl (C=O) groups excluding carboxylic acids is 1. The third kappa shape index (κ3) is 4.00. The first-order chi connectivity index (χ1) is 11.5. The topological polar surface area (TPSA) is 72.9 Å². The third-order valence-electron chi connectivity index (χ3n) is 4.12. The number of aromatic nitrogens is 2. The predicted molar refractivity (Wildman–Crippen MR) is 92.8 cm³/mol. The molecule has 2 aromatic rings. The van der Waals surface area contributed by atoms with Gasteiger partial charge in [0.2, 0.25) is 0 Å². The molecule has 1 amide bonds. The largest absolute Gasteiger partial charge is 0.348 e. The van der Waals surface area contributed by atoms with Crippen LogP contribution in [0, 0.1) is 19.7 Å². The highest BCUT2D eigenvalue weighted by Gasteiger charge is 2.21. The van der Waals surface area contributed by atoms with E-state index < -0.39 is 0 Å². The zero-order valence-electron chi connectivity index (χ0n) is 14.5. The number of hydrogen-bond donors (Lipinski definition) is 2. The second-order valence-electron chi connectivity index (χ2n) is 5.98. The van der Waals surface area contributed by atoms with Gasteiger partial charge in [0.25, 0.3) is 5.91 Å². The number of nitrogens with two attached hydrogens (primary N) is 1. The molecule has 0 bridgehead atoms. The summed E-state index contributed by atoms with van der Waals surface area (Å²) >= 11 is 0. The Morgan fingerprint density at radius 2 is 2.00 bits per heavy atom. The Labute approximate surface area is 142 Å². The molecule has 24 heavy (non-hydrogen) atoms. The maximum Gasteiger partial charge on any atom is 0.255 e. The smallest absolute Gasteiger partial charge is 0.255 e. The lowest BCUT2D eigenvalue weighted by molar-refractivity contribution is 0.0934. The van der Waals surface area contributed by atoms with Crippen molar-refractivity contribution < 1.29 is 9.18 Å².